The summed E-state index contributed by atoms with van der Waals surface area (Å²) in [6.07, 6.45) is 8.30. The Labute approximate surface area is 112 Å². The number of hydrogen-bond donors (Lipinski definition) is 2. The maximum Gasteiger partial charge on any atom is 0.0774 e. The predicted molar refractivity (Wildman–Crippen MR) is 75.7 cm³/mol. The summed E-state index contributed by atoms with van der Waals surface area (Å²) in [7, 11) is 0. The van der Waals surface area contributed by atoms with E-state index in [2.05, 4.69) is 17.1 Å². The Morgan fingerprint density at radius 1 is 1.28 bits per heavy atom. The fraction of sp³-hybridized carbons (Fsp3) is 1.00. The summed E-state index contributed by atoms with van der Waals surface area (Å²) in [6, 6.07) is 0. The second kappa shape index (κ2) is 6.88. The summed E-state index contributed by atoms with van der Waals surface area (Å²) in [4.78, 5) is 2.52. The van der Waals surface area contributed by atoms with Gasteiger partial charge < -0.3 is 15.3 Å². The molecule has 0 aromatic heterocycles. The van der Waals surface area contributed by atoms with Gasteiger partial charge in [-0.25, -0.2) is 0 Å². The lowest BCUT2D eigenvalue weighted by Gasteiger charge is -2.35. The zero-order chi connectivity index (χ0) is 12.8. The van der Waals surface area contributed by atoms with Crippen molar-refractivity contribution >= 4 is 0 Å². The molecule has 2 N–H and O–H groups in total. The van der Waals surface area contributed by atoms with E-state index in [-0.39, 0.29) is 5.60 Å². The highest BCUT2D eigenvalue weighted by molar-refractivity contribution is 4.88. The average Bonchev–Trinajstić information content (AvgIpc) is 2.77. The van der Waals surface area contributed by atoms with Crippen LogP contribution < -0.4 is 5.32 Å². The van der Waals surface area contributed by atoms with Crippen LogP contribution >= 0.6 is 0 Å². The number of nitrogens with one attached hydrogen (secondary N) is 1. The van der Waals surface area contributed by atoms with Gasteiger partial charge in [-0.15, -0.1) is 0 Å². The van der Waals surface area contributed by atoms with Crippen LogP contribution in [0.2, 0.25) is 0 Å². The zero-order valence-electron chi connectivity index (χ0n) is 12.0. The van der Waals surface area contributed by atoms with E-state index < -0.39 is 0 Å². The number of hydrogen-bond acceptors (Lipinski definition) is 3. The van der Waals surface area contributed by atoms with E-state index >= 15 is 0 Å². The van der Waals surface area contributed by atoms with Crippen molar-refractivity contribution in [3.05, 3.63) is 0 Å². The molecule has 3 heteroatoms. The average molecular weight is 254 g/mol. The van der Waals surface area contributed by atoms with Gasteiger partial charge in [-0.05, 0) is 57.7 Å². The molecule has 2 aliphatic rings. The molecule has 2 rings (SSSR count). The highest BCUT2D eigenvalue weighted by Gasteiger charge is 2.33. The largest absolute Gasteiger partial charge is 0.389 e. The third kappa shape index (κ3) is 4.22. The first-order valence-corrected chi connectivity index (χ1v) is 7.87. The molecular formula is C15H30N2O. The summed E-state index contributed by atoms with van der Waals surface area (Å²) >= 11 is 0. The molecule has 1 aliphatic heterocycles. The van der Waals surface area contributed by atoms with Gasteiger partial charge in [0.1, 0.15) is 0 Å². The van der Waals surface area contributed by atoms with Crippen LogP contribution in [0.5, 0.6) is 0 Å². The number of nitrogens with zero attached hydrogens (tertiary/aromatic N) is 1. The minimum atomic E-state index is -0.378. The number of aliphatic hydroxyl groups is 1. The fourth-order valence-electron chi connectivity index (χ4n) is 3.60. The first kappa shape index (κ1) is 14.3. The van der Waals surface area contributed by atoms with Crippen LogP contribution in [0.4, 0.5) is 0 Å². The first-order valence-electron chi connectivity index (χ1n) is 7.87. The molecule has 18 heavy (non-hydrogen) atoms. The van der Waals surface area contributed by atoms with Crippen LogP contribution in [0, 0.1) is 5.92 Å². The standard InChI is InChI=1S/C15H30N2O/c1-2-10-17(12-14-6-5-9-16-11-14)13-15(18)7-3-4-8-15/h14,16,18H,2-13H2,1H3. The van der Waals surface area contributed by atoms with Gasteiger partial charge in [0.2, 0.25) is 0 Å². The molecule has 0 bridgehead atoms. The van der Waals surface area contributed by atoms with Gasteiger partial charge in [-0.3, -0.25) is 0 Å². The normalized spacial score (nSPS) is 27.8. The Kier molecular flexibility index (Phi) is 5.46. The fourth-order valence-corrected chi connectivity index (χ4v) is 3.60. The third-order valence-corrected chi connectivity index (χ3v) is 4.51. The minimum Gasteiger partial charge on any atom is -0.389 e. The highest BCUT2D eigenvalue weighted by atomic mass is 16.3. The van der Waals surface area contributed by atoms with Crippen molar-refractivity contribution in [2.24, 2.45) is 5.92 Å². The van der Waals surface area contributed by atoms with Crippen LogP contribution in [0.15, 0.2) is 0 Å². The van der Waals surface area contributed by atoms with Gasteiger partial charge in [-0.2, -0.15) is 0 Å². The molecule has 0 aromatic rings. The SMILES string of the molecule is CCCN(CC1CCCNC1)CC1(O)CCCC1. The summed E-state index contributed by atoms with van der Waals surface area (Å²) in [6.45, 7) is 7.80. The van der Waals surface area contributed by atoms with Crippen molar-refractivity contribution in [2.75, 3.05) is 32.7 Å². The molecule has 0 amide bonds. The Balaban J connectivity index is 1.82. The molecule has 1 atom stereocenters. The highest BCUT2D eigenvalue weighted by Crippen LogP contribution is 2.30. The van der Waals surface area contributed by atoms with Gasteiger partial charge >= 0.3 is 0 Å². The second-order valence-electron chi connectivity index (χ2n) is 6.38. The van der Waals surface area contributed by atoms with E-state index in [9.17, 15) is 5.11 Å². The molecule has 1 unspecified atom stereocenters. The lowest BCUT2D eigenvalue weighted by atomic mass is 9.97. The Morgan fingerprint density at radius 3 is 2.67 bits per heavy atom. The van der Waals surface area contributed by atoms with Crippen molar-refractivity contribution in [1.29, 1.82) is 0 Å². The quantitative estimate of drug-likeness (QED) is 0.761. The Hall–Kier alpha value is -0.120. The monoisotopic (exact) mass is 254 g/mol. The molecule has 0 radical (unpaired) electrons. The molecule has 1 saturated heterocycles. The molecule has 1 aliphatic carbocycles. The van der Waals surface area contributed by atoms with Gasteiger partial charge in [0.25, 0.3) is 0 Å². The van der Waals surface area contributed by atoms with Crippen LogP contribution in [0.1, 0.15) is 51.9 Å². The zero-order valence-corrected chi connectivity index (χ0v) is 12.0. The lowest BCUT2D eigenvalue weighted by Crippen LogP contribution is -2.45. The van der Waals surface area contributed by atoms with Crippen molar-refractivity contribution < 1.29 is 5.11 Å². The van der Waals surface area contributed by atoms with Gasteiger partial charge in [0.15, 0.2) is 0 Å². The topological polar surface area (TPSA) is 35.5 Å². The molecule has 106 valence electrons. The molecule has 1 saturated carbocycles. The summed E-state index contributed by atoms with van der Waals surface area (Å²) in [5.41, 5.74) is -0.378. The Bertz CT molecular complexity index is 233. The second-order valence-corrected chi connectivity index (χ2v) is 6.38. The predicted octanol–water partition coefficient (Wildman–Crippen LogP) is 2.00. The van der Waals surface area contributed by atoms with Crippen LogP contribution in [-0.2, 0) is 0 Å². The Morgan fingerprint density at radius 2 is 2.06 bits per heavy atom. The van der Waals surface area contributed by atoms with E-state index in [4.69, 9.17) is 0 Å². The van der Waals surface area contributed by atoms with Crippen molar-refractivity contribution in [3.63, 3.8) is 0 Å². The van der Waals surface area contributed by atoms with Gasteiger partial charge in [-0.1, -0.05) is 19.8 Å². The summed E-state index contributed by atoms with van der Waals surface area (Å²) < 4.78 is 0. The minimum absolute atomic E-state index is 0.378. The van der Waals surface area contributed by atoms with Crippen molar-refractivity contribution in [3.8, 4) is 0 Å². The van der Waals surface area contributed by atoms with Gasteiger partial charge in [0, 0.05) is 13.1 Å². The molecule has 3 nitrogen and oxygen atoms in total. The van der Waals surface area contributed by atoms with E-state index in [1.807, 2.05) is 0 Å². The van der Waals surface area contributed by atoms with E-state index in [0.717, 1.165) is 31.8 Å². The maximum absolute atomic E-state index is 10.6. The lowest BCUT2D eigenvalue weighted by molar-refractivity contribution is 0.00429. The van der Waals surface area contributed by atoms with Crippen LogP contribution in [0.25, 0.3) is 0 Å². The van der Waals surface area contributed by atoms with Crippen LogP contribution in [0.3, 0.4) is 0 Å². The van der Waals surface area contributed by atoms with Crippen molar-refractivity contribution in [1.82, 2.24) is 10.2 Å². The first-order chi connectivity index (χ1) is 8.72. The van der Waals surface area contributed by atoms with Gasteiger partial charge in [0.05, 0.1) is 5.60 Å². The maximum atomic E-state index is 10.6. The van der Waals surface area contributed by atoms with Crippen LogP contribution in [-0.4, -0.2) is 48.3 Å². The smallest absolute Gasteiger partial charge is 0.0774 e. The molecular weight excluding hydrogens is 224 g/mol. The van der Waals surface area contributed by atoms with E-state index in [1.54, 1.807) is 0 Å². The number of rotatable bonds is 6. The molecule has 2 fully saturated rings. The molecule has 1 heterocycles. The van der Waals surface area contributed by atoms with E-state index in [0.29, 0.717) is 0 Å². The molecule has 0 spiro atoms. The summed E-state index contributed by atoms with van der Waals surface area (Å²) in [5.74, 6) is 0.787. The van der Waals surface area contributed by atoms with Crippen molar-refractivity contribution in [2.45, 2.75) is 57.5 Å². The number of piperidine rings is 1. The molecule has 0 aromatic carbocycles. The van der Waals surface area contributed by atoms with E-state index in [1.165, 1.54) is 51.7 Å². The summed E-state index contributed by atoms with van der Waals surface area (Å²) in [5, 5.41) is 14.1. The third-order valence-electron chi connectivity index (χ3n) is 4.51.